The van der Waals surface area contributed by atoms with Crippen LogP contribution in [0, 0.1) is 0 Å². The Labute approximate surface area is 107 Å². The molecule has 2 aliphatic carbocycles. The van der Waals surface area contributed by atoms with Crippen LogP contribution in [0.4, 0.5) is 0 Å². The second-order valence-corrected chi connectivity index (χ2v) is 5.27. The predicted octanol–water partition coefficient (Wildman–Crippen LogP) is 3.15. The fourth-order valence-corrected chi connectivity index (χ4v) is 3.16. The van der Waals surface area contributed by atoms with Gasteiger partial charge in [-0.25, -0.2) is 0 Å². The Hall–Kier alpha value is -1.82. The minimum absolute atomic E-state index is 1.18. The van der Waals surface area contributed by atoms with Crippen molar-refractivity contribution in [2.24, 2.45) is 0 Å². The van der Waals surface area contributed by atoms with Crippen molar-refractivity contribution < 1.29 is 0 Å². The number of fused-ring (bicyclic) bond motifs is 4. The molecule has 0 radical (unpaired) electrons. The quantitative estimate of drug-likeness (QED) is 0.654. The Morgan fingerprint density at radius 2 is 1.67 bits per heavy atom. The fourth-order valence-electron chi connectivity index (χ4n) is 3.16. The van der Waals surface area contributed by atoms with E-state index in [1.165, 1.54) is 58.0 Å². The standard InChI is InChI=1S/C18H16/c1-2-7-15-12-18-16(11-14(15)6-1)10-9-13-5-3-4-8-17(13)18/h4,6-12H,1-3,5H2. The summed E-state index contributed by atoms with van der Waals surface area (Å²) in [5.41, 5.74) is 2.95. The van der Waals surface area contributed by atoms with Crippen molar-refractivity contribution in [1.29, 1.82) is 0 Å². The first-order valence-corrected chi connectivity index (χ1v) is 6.84. The van der Waals surface area contributed by atoms with Gasteiger partial charge in [0.1, 0.15) is 0 Å². The lowest BCUT2D eigenvalue weighted by Crippen LogP contribution is -2.26. The molecule has 0 nitrogen and oxygen atoms in total. The van der Waals surface area contributed by atoms with Crippen molar-refractivity contribution in [3.05, 3.63) is 51.9 Å². The minimum atomic E-state index is 1.18. The Morgan fingerprint density at radius 1 is 0.833 bits per heavy atom. The van der Waals surface area contributed by atoms with E-state index in [0.29, 0.717) is 0 Å². The average Bonchev–Trinajstić information content (AvgIpc) is 2.45. The molecule has 0 heterocycles. The van der Waals surface area contributed by atoms with E-state index in [9.17, 15) is 0 Å². The molecule has 0 saturated heterocycles. The molecule has 2 aromatic rings. The van der Waals surface area contributed by atoms with E-state index in [4.69, 9.17) is 0 Å². The maximum absolute atomic E-state index is 2.38. The summed E-state index contributed by atoms with van der Waals surface area (Å²) in [6.45, 7) is 0. The summed E-state index contributed by atoms with van der Waals surface area (Å²) in [7, 11) is 0. The number of hydrogen-bond donors (Lipinski definition) is 0. The van der Waals surface area contributed by atoms with Crippen LogP contribution in [0.15, 0.2) is 30.3 Å². The zero-order valence-electron chi connectivity index (χ0n) is 10.4. The van der Waals surface area contributed by atoms with Gasteiger partial charge in [0, 0.05) is 0 Å². The Balaban J connectivity index is 2.16. The molecule has 0 saturated carbocycles. The van der Waals surface area contributed by atoms with Gasteiger partial charge in [0.15, 0.2) is 0 Å². The molecular weight excluding hydrogens is 216 g/mol. The summed E-state index contributed by atoms with van der Waals surface area (Å²) in [6.07, 6.45) is 14.1. The lowest BCUT2D eigenvalue weighted by Gasteiger charge is -2.14. The zero-order valence-corrected chi connectivity index (χ0v) is 10.4. The van der Waals surface area contributed by atoms with Crippen LogP contribution in [0.5, 0.6) is 0 Å². The van der Waals surface area contributed by atoms with E-state index in [-0.39, 0.29) is 0 Å². The predicted molar refractivity (Wildman–Crippen MR) is 78.7 cm³/mol. The minimum Gasteiger partial charge on any atom is -0.0836 e. The van der Waals surface area contributed by atoms with Crippen LogP contribution >= 0.6 is 0 Å². The molecule has 0 bridgehead atoms. The van der Waals surface area contributed by atoms with Gasteiger partial charge in [-0.05, 0) is 70.2 Å². The van der Waals surface area contributed by atoms with Gasteiger partial charge in [-0.3, -0.25) is 0 Å². The molecule has 2 aromatic carbocycles. The second kappa shape index (κ2) is 3.84. The molecule has 0 aliphatic heterocycles. The lowest BCUT2D eigenvalue weighted by molar-refractivity contribution is 0.990. The van der Waals surface area contributed by atoms with E-state index in [1.807, 2.05) is 0 Å². The molecule has 0 heteroatoms. The van der Waals surface area contributed by atoms with Crippen molar-refractivity contribution in [3.8, 4) is 0 Å². The van der Waals surface area contributed by atoms with Gasteiger partial charge in [0.05, 0.1) is 0 Å². The molecule has 0 N–H and O–H groups in total. The van der Waals surface area contributed by atoms with Crippen LogP contribution in [0.2, 0.25) is 0 Å². The van der Waals surface area contributed by atoms with Gasteiger partial charge in [0.25, 0.3) is 0 Å². The topological polar surface area (TPSA) is 0 Å². The van der Waals surface area contributed by atoms with Gasteiger partial charge in [-0.2, -0.15) is 0 Å². The van der Waals surface area contributed by atoms with E-state index in [1.54, 1.807) is 0 Å². The molecule has 4 rings (SSSR count). The van der Waals surface area contributed by atoms with Gasteiger partial charge >= 0.3 is 0 Å². The number of aryl methyl sites for hydroxylation is 1. The van der Waals surface area contributed by atoms with Gasteiger partial charge in [-0.1, -0.05) is 36.4 Å². The van der Waals surface area contributed by atoms with Crippen molar-refractivity contribution in [1.82, 2.24) is 0 Å². The first kappa shape index (κ1) is 10.1. The van der Waals surface area contributed by atoms with Crippen molar-refractivity contribution in [2.45, 2.75) is 25.7 Å². The summed E-state index contributed by atoms with van der Waals surface area (Å²) >= 11 is 0. The van der Waals surface area contributed by atoms with Crippen LogP contribution < -0.4 is 10.4 Å². The molecule has 0 aromatic heterocycles. The second-order valence-electron chi connectivity index (χ2n) is 5.27. The van der Waals surface area contributed by atoms with Crippen molar-refractivity contribution in [2.75, 3.05) is 0 Å². The van der Waals surface area contributed by atoms with Gasteiger partial charge in [0.2, 0.25) is 0 Å². The Bertz CT molecular complexity index is 776. The molecule has 88 valence electrons. The number of hydrogen-bond acceptors (Lipinski definition) is 0. The van der Waals surface area contributed by atoms with Crippen LogP contribution in [-0.4, -0.2) is 0 Å². The molecule has 2 aliphatic rings. The highest BCUT2D eigenvalue weighted by molar-refractivity contribution is 5.92. The first-order valence-electron chi connectivity index (χ1n) is 6.84. The van der Waals surface area contributed by atoms with Crippen LogP contribution in [0.25, 0.3) is 29.0 Å². The summed E-state index contributed by atoms with van der Waals surface area (Å²) in [4.78, 5) is 0. The maximum Gasteiger partial charge on any atom is -0.0103 e. The number of allylic oxidation sites excluding steroid dienone is 1. The third-order valence-corrected chi connectivity index (χ3v) is 4.12. The van der Waals surface area contributed by atoms with E-state index in [0.717, 1.165) is 0 Å². The monoisotopic (exact) mass is 232 g/mol. The molecule has 0 amide bonds. The largest absolute Gasteiger partial charge is 0.0836 e. The molecule has 18 heavy (non-hydrogen) atoms. The fraction of sp³-hybridized carbons (Fsp3) is 0.222. The molecular formula is C18H16. The summed E-state index contributed by atoms with van der Waals surface area (Å²) in [5, 5.41) is 5.63. The average molecular weight is 232 g/mol. The molecule has 0 spiro atoms. The van der Waals surface area contributed by atoms with Crippen molar-refractivity contribution in [3.63, 3.8) is 0 Å². The van der Waals surface area contributed by atoms with Crippen LogP contribution in [0.3, 0.4) is 0 Å². The van der Waals surface area contributed by atoms with Crippen LogP contribution in [-0.2, 0) is 6.42 Å². The lowest BCUT2D eigenvalue weighted by atomic mass is 9.91. The van der Waals surface area contributed by atoms with Gasteiger partial charge < -0.3 is 0 Å². The maximum atomic E-state index is 2.38. The van der Waals surface area contributed by atoms with Crippen molar-refractivity contribution >= 4 is 29.0 Å². The van der Waals surface area contributed by atoms with Gasteiger partial charge in [-0.15, -0.1) is 0 Å². The zero-order chi connectivity index (χ0) is 11.9. The summed E-state index contributed by atoms with van der Waals surface area (Å²) in [5.74, 6) is 0. The van der Waals surface area contributed by atoms with Crippen LogP contribution in [0.1, 0.15) is 30.4 Å². The molecule has 0 atom stereocenters. The first-order chi connectivity index (χ1) is 8.92. The van der Waals surface area contributed by atoms with E-state index < -0.39 is 0 Å². The molecule has 0 unspecified atom stereocenters. The normalized spacial score (nSPS) is 16.7. The highest BCUT2D eigenvalue weighted by Gasteiger charge is 2.08. The Morgan fingerprint density at radius 3 is 2.56 bits per heavy atom. The Kier molecular flexibility index (Phi) is 2.16. The number of benzene rings is 2. The summed E-state index contributed by atoms with van der Waals surface area (Å²) < 4.78 is 0. The highest BCUT2D eigenvalue weighted by Crippen LogP contribution is 2.26. The van der Waals surface area contributed by atoms with E-state index >= 15 is 0 Å². The summed E-state index contributed by atoms with van der Waals surface area (Å²) in [6, 6.07) is 9.33. The highest BCUT2D eigenvalue weighted by atomic mass is 14.1. The third kappa shape index (κ3) is 1.45. The van der Waals surface area contributed by atoms with E-state index in [2.05, 4.69) is 48.6 Å². The SMILES string of the molecule is C1=Cc2c(ccc3cc4c(cc23)=CCCC=4)CC1. The smallest absolute Gasteiger partial charge is 0.0103 e. The number of rotatable bonds is 0. The third-order valence-electron chi connectivity index (χ3n) is 4.12. The molecule has 0 fully saturated rings.